The van der Waals surface area contributed by atoms with Crippen LogP contribution in [0, 0.1) is 5.82 Å². The van der Waals surface area contributed by atoms with E-state index in [9.17, 15) is 12.8 Å². The van der Waals surface area contributed by atoms with Crippen molar-refractivity contribution in [2.24, 2.45) is 0 Å². The van der Waals surface area contributed by atoms with Crippen LogP contribution in [-0.2, 0) is 9.84 Å². The highest BCUT2D eigenvalue weighted by molar-refractivity contribution is 7.90. The quantitative estimate of drug-likeness (QED) is 0.318. The van der Waals surface area contributed by atoms with Gasteiger partial charge < -0.3 is 4.52 Å². The highest BCUT2D eigenvalue weighted by Gasteiger charge is 2.20. The Hall–Kier alpha value is -3.91. The summed E-state index contributed by atoms with van der Waals surface area (Å²) in [6, 6.07) is 20.9. The van der Waals surface area contributed by atoms with Gasteiger partial charge in [0.2, 0.25) is 5.82 Å². The molecule has 0 saturated heterocycles. The molecule has 0 radical (unpaired) electrons. The second-order valence-electron chi connectivity index (χ2n) is 8.13. The number of sulfone groups is 1. The second kappa shape index (κ2) is 8.46. The summed E-state index contributed by atoms with van der Waals surface area (Å²) in [5.74, 6) is 0.337. The van der Waals surface area contributed by atoms with Crippen molar-refractivity contribution in [2.75, 3.05) is 6.26 Å². The number of benzene rings is 3. The van der Waals surface area contributed by atoms with Crippen LogP contribution in [0.1, 0.15) is 17.7 Å². The second-order valence-corrected chi connectivity index (χ2v) is 10.5. The van der Waals surface area contributed by atoms with Crippen LogP contribution in [0.25, 0.3) is 44.9 Å². The summed E-state index contributed by atoms with van der Waals surface area (Å²) in [4.78, 5) is 9.00. The molecule has 0 spiro atoms. The van der Waals surface area contributed by atoms with Crippen molar-refractivity contribution < 1.29 is 17.3 Å². The lowest BCUT2D eigenvalue weighted by atomic mass is 9.96. The molecule has 1 unspecified atom stereocenters. The third kappa shape index (κ3) is 4.20. The summed E-state index contributed by atoms with van der Waals surface area (Å²) >= 11 is 0. The van der Waals surface area contributed by atoms with E-state index in [-0.39, 0.29) is 5.82 Å². The number of aromatic nitrogens is 3. The lowest BCUT2D eigenvalue weighted by molar-refractivity contribution is 0.432. The van der Waals surface area contributed by atoms with E-state index in [1.165, 1.54) is 18.4 Å². The average molecular weight is 474 g/mol. The van der Waals surface area contributed by atoms with Gasteiger partial charge in [-0.1, -0.05) is 23.4 Å². The van der Waals surface area contributed by atoms with Gasteiger partial charge in [0.25, 0.3) is 5.89 Å². The first-order valence-corrected chi connectivity index (χ1v) is 12.5. The normalized spacial score (nSPS) is 12.7. The Morgan fingerprint density at radius 2 is 1.68 bits per heavy atom. The number of hydrogen-bond donors (Lipinski definition) is 0. The third-order valence-corrected chi connectivity index (χ3v) is 7.34. The Labute approximate surface area is 196 Å². The summed E-state index contributed by atoms with van der Waals surface area (Å²) in [6.45, 7) is 1.68. The zero-order chi connectivity index (χ0) is 23.9. The summed E-state index contributed by atoms with van der Waals surface area (Å²) in [5, 5.41) is 4.22. The van der Waals surface area contributed by atoms with Crippen molar-refractivity contribution in [3.05, 3.63) is 90.4 Å². The van der Waals surface area contributed by atoms with Crippen molar-refractivity contribution in [3.8, 4) is 34.0 Å². The maximum absolute atomic E-state index is 13.2. The highest BCUT2D eigenvalue weighted by Crippen LogP contribution is 2.34. The molecule has 0 fully saturated rings. The molecule has 2 aromatic heterocycles. The summed E-state index contributed by atoms with van der Waals surface area (Å²) in [7, 11) is -3.28. The summed E-state index contributed by atoms with van der Waals surface area (Å²) < 4.78 is 43.2. The number of rotatable bonds is 5. The van der Waals surface area contributed by atoms with E-state index >= 15 is 0 Å². The van der Waals surface area contributed by atoms with Gasteiger partial charge in [-0.25, -0.2) is 12.8 Å². The number of fused-ring (bicyclic) bond motifs is 1. The lowest BCUT2D eigenvalue weighted by Crippen LogP contribution is -2.08. The van der Waals surface area contributed by atoms with Gasteiger partial charge in [-0.15, -0.1) is 0 Å². The molecule has 0 amide bonds. The van der Waals surface area contributed by atoms with Gasteiger partial charge in [-0.05, 0) is 72.6 Å². The van der Waals surface area contributed by atoms with E-state index in [4.69, 9.17) is 4.52 Å². The maximum Gasteiger partial charge on any atom is 0.258 e. The van der Waals surface area contributed by atoms with Crippen LogP contribution >= 0.6 is 0 Å². The Balaban J connectivity index is 1.60. The van der Waals surface area contributed by atoms with Gasteiger partial charge in [0.15, 0.2) is 9.84 Å². The van der Waals surface area contributed by atoms with Crippen molar-refractivity contribution >= 4 is 20.7 Å². The monoisotopic (exact) mass is 473 g/mol. The third-order valence-electron chi connectivity index (χ3n) is 5.79. The van der Waals surface area contributed by atoms with E-state index < -0.39 is 15.1 Å². The molecule has 3 aromatic carbocycles. The van der Waals surface area contributed by atoms with E-state index in [1.54, 1.807) is 25.3 Å². The molecule has 1 atom stereocenters. The van der Waals surface area contributed by atoms with Gasteiger partial charge in [-0.2, -0.15) is 4.98 Å². The maximum atomic E-state index is 13.2. The molecule has 6 nitrogen and oxygen atoms in total. The number of halogens is 1. The largest absolute Gasteiger partial charge is 0.334 e. The molecule has 5 rings (SSSR count). The van der Waals surface area contributed by atoms with Crippen molar-refractivity contribution in [3.63, 3.8) is 0 Å². The van der Waals surface area contributed by atoms with Crippen LogP contribution in [0.4, 0.5) is 4.39 Å². The highest BCUT2D eigenvalue weighted by atomic mass is 32.2. The average Bonchev–Trinajstić information content (AvgIpc) is 3.33. The molecule has 2 heterocycles. The first kappa shape index (κ1) is 21.9. The molecule has 0 aliphatic heterocycles. The fourth-order valence-corrected chi connectivity index (χ4v) is 4.42. The molecular weight excluding hydrogens is 453 g/mol. The Bertz CT molecular complexity index is 1610. The van der Waals surface area contributed by atoms with Crippen LogP contribution < -0.4 is 0 Å². The van der Waals surface area contributed by atoms with Crippen molar-refractivity contribution in [1.82, 2.24) is 15.1 Å². The van der Waals surface area contributed by atoms with Crippen molar-refractivity contribution in [1.29, 1.82) is 0 Å². The molecule has 0 bridgehead atoms. The fraction of sp³-hybridized carbons (Fsp3) is 0.115. The minimum Gasteiger partial charge on any atom is -0.334 e. The van der Waals surface area contributed by atoms with Gasteiger partial charge >= 0.3 is 0 Å². The van der Waals surface area contributed by atoms with Gasteiger partial charge in [0.05, 0.1) is 10.8 Å². The zero-order valence-electron chi connectivity index (χ0n) is 18.4. The predicted octanol–water partition coefficient (Wildman–Crippen LogP) is 5.86. The number of pyridine rings is 1. The van der Waals surface area contributed by atoms with Crippen molar-refractivity contribution in [2.45, 2.75) is 12.2 Å². The van der Waals surface area contributed by atoms with E-state index in [2.05, 4.69) is 15.1 Å². The van der Waals surface area contributed by atoms with Crippen LogP contribution in [0.5, 0.6) is 0 Å². The molecule has 8 heteroatoms. The summed E-state index contributed by atoms with van der Waals surface area (Å²) in [6.07, 6.45) is 2.95. The van der Waals surface area contributed by atoms with Crippen LogP contribution in [-0.4, -0.2) is 29.8 Å². The minimum absolute atomic E-state index is 0.319. The lowest BCUT2D eigenvalue weighted by Gasteiger charge is -2.14. The first-order chi connectivity index (χ1) is 16.3. The molecule has 0 N–H and O–H groups in total. The van der Waals surface area contributed by atoms with E-state index in [0.717, 1.165) is 22.0 Å². The summed E-state index contributed by atoms with van der Waals surface area (Å²) in [5.41, 5.74) is 4.45. The molecule has 34 heavy (non-hydrogen) atoms. The van der Waals surface area contributed by atoms with Gasteiger partial charge in [0.1, 0.15) is 5.82 Å². The topological polar surface area (TPSA) is 85.9 Å². The van der Waals surface area contributed by atoms with Crippen LogP contribution in [0.15, 0.2) is 83.5 Å². The Morgan fingerprint density at radius 1 is 0.912 bits per heavy atom. The number of nitrogens with zero attached hydrogens (tertiary/aromatic N) is 3. The molecule has 5 aromatic rings. The van der Waals surface area contributed by atoms with Gasteiger partial charge in [0, 0.05) is 34.5 Å². The smallest absolute Gasteiger partial charge is 0.258 e. The van der Waals surface area contributed by atoms with Crippen LogP contribution in [0.3, 0.4) is 0 Å². The molecule has 0 saturated carbocycles. The molecular formula is C26H20FN3O3S. The predicted molar refractivity (Wildman–Crippen MR) is 129 cm³/mol. The Kier molecular flexibility index (Phi) is 5.45. The fourth-order valence-electron chi connectivity index (χ4n) is 3.79. The standard InChI is InChI=1S/C26H20FN3O3S/c1-16(34(2,31)32)21-14-19-7-4-12-28-24(19)23(15-21)18-5-3-6-20(13-18)26-29-25(30-33-26)17-8-10-22(27)11-9-17/h3-16H,1-2H3. The minimum atomic E-state index is -3.28. The molecule has 0 aliphatic rings. The number of hydrogen-bond acceptors (Lipinski definition) is 6. The van der Waals surface area contributed by atoms with E-state index in [0.29, 0.717) is 28.4 Å². The zero-order valence-corrected chi connectivity index (χ0v) is 19.3. The SMILES string of the molecule is CC(c1cc(-c2cccc(-c3nc(-c4ccc(F)cc4)no3)c2)c2ncccc2c1)S(C)(=O)=O. The molecule has 0 aliphatic carbocycles. The Morgan fingerprint density at radius 3 is 2.44 bits per heavy atom. The molecule has 170 valence electrons. The van der Waals surface area contributed by atoms with E-state index in [1.807, 2.05) is 48.5 Å². The van der Waals surface area contributed by atoms with Crippen LogP contribution in [0.2, 0.25) is 0 Å². The first-order valence-electron chi connectivity index (χ1n) is 10.6. The van der Waals surface area contributed by atoms with Gasteiger partial charge in [-0.3, -0.25) is 4.98 Å².